The highest BCUT2D eigenvalue weighted by atomic mass is 79.9. The Morgan fingerprint density at radius 2 is 2.06 bits per heavy atom. The van der Waals surface area contributed by atoms with Crippen molar-refractivity contribution in [3.63, 3.8) is 0 Å². The highest BCUT2D eigenvalue weighted by Gasteiger charge is 2.14. The van der Waals surface area contributed by atoms with E-state index in [1.807, 2.05) is 30.9 Å². The lowest BCUT2D eigenvalue weighted by Crippen LogP contribution is -2.19. The Hall–Kier alpha value is -1.42. The van der Waals surface area contributed by atoms with Crippen molar-refractivity contribution < 1.29 is 4.39 Å². The summed E-state index contributed by atoms with van der Waals surface area (Å²) >= 11 is 3.38. The van der Waals surface area contributed by atoms with E-state index in [1.54, 1.807) is 18.3 Å². The summed E-state index contributed by atoms with van der Waals surface area (Å²) in [4.78, 5) is 6.25. The van der Waals surface area contributed by atoms with Crippen LogP contribution >= 0.6 is 15.9 Å². The molecule has 0 bridgehead atoms. The van der Waals surface area contributed by atoms with Crippen LogP contribution in [0.2, 0.25) is 0 Å². The average Bonchev–Trinajstić information content (AvgIpc) is 2.34. The molecule has 0 saturated heterocycles. The van der Waals surface area contributed by atoms with Crippen LogP contribution in [0.25, 0.3) is 0 Å². The molecule has 0 saturated carbocycles. The maximum absolute atomic E-state index is 13.8. The molecule has 94 valence electrons. The van der Waals surface area contributed by atoms with Gasteiger partial charge in [-0.05, 0) is 53.5 Å². The van der Waals surface area contributed by atoms with Crippen molar-refractivity contribution in [1.29, 1.82) is 0 Å². The largest absolute Gasteiger partial charge is 0.324 e. The van der Waals surface area contributed by atoms with Gasteiger partial charge < -0.3 is 4.90 Å². The zero-order chi connectivity index (χ0) is 13.1. The molecule has 0 unspecified atom stereocenters. The van der Waals surface area contributed by atoms with E-state index in [0.29, 0.717) is 12.2 Å². The van der Waals surface area contributed by atoms with Crippen LogP contribution in [-0.4, -0.2) is 11.5 Å². The third-order valence-electron chi connectivity index (χ3n) is 2.73. The van der Waals surface area contributed by atoms with Gasteiger partial charge in [0.25, 0.3) is 0 Å². The van der Waals surface area contributed by atoms with Gasteiger partial charge in [-0.1, -0.05) is 12.1 Å². The lowest BCUT2D eigenvalue weighted by atomic mass is 10.2. The average molecular weight is 309 g/mol. The van der Waals surface area contributed by atoms with E-state index >= 15 is 0 Å². The maximum atomic E-state index is 13.8. The number of para-hydroxylation sites is 1. The fraction of sp³-hybridized carbons (Fsp3) is 0.214. The van der Waals surface area contributed by atoms with Crippen LogP contribution in [0, 0.1) is 12.7 Å². The molecule has 2 nitrogen and oxygen atoms in total. The van der Waals surface area contributed by atoms with Crippen LogP contribution in [0.5, 0.6) is 0 Å². The van der Waals surface area contributed by atoms with E-state index in [1.165, 1.54) is 6.07 Å². The molecule has 0 atom stereocenters. The van der Waals surface area contributed by atoms with Gasteiger partial charge in [-0.25, -0.2) is 9.37 Å². The molecule has 0 aliphatic heterocycles. The normalized spacial score (nSPS) is 10.4. The Kier molecular flexibility index (Phi) is 3.97. The first kappa shape index (κ1) is 13.0. The minimum absolute atomic E-state index is 0.233. The summed E-state index contributed by atoms with van der Waals surface area (Å²) in [5.41, 5.74) is 1.56. The van der Waals surface area contributed by atoms with Gasteiger partial charge in [0.15, 0.2) is 0 Å². The molecule has 2 aromatic rings. The summed E-state index contributed by atoms with van der Waals surface area (Å²) < 4.78 is 14.8. The molecule has 18 heavy (non-hydrogen) atoms. The van der Waals surface area contributed by atoms with E-state index in [9.17, 15) is 4.39 Å². The topological polar surface area (TPSA) is 16.1 Å². The standard InChI is InChI=1S/C14H14BrFN2/c1-3-18(13-7-5-4-6-12(13)16)14-10(2)8-11(15)9-17-14/h4-9H,3H2,1-2H3. The van der Waals surface area contributed by atoms with Crippen molar-refractivity contribution >= 4 is 27.4 Å². The molecule has 0 aliphatic rings. The lowest BCUT2D eigenvalue weighted by Gasteiger charge is -2.24. The number of hydrogen-bond donors (Lipinski definition) is 0. The van der Waals surface area contributed by atoms with Crippen molar-refractivity contribution in [1.82, 2.24) is 4.98 Å². The number of anilines is 2. The highest BCUT2D eigenvalue weighted by Crippen LogP contribution is 2.29. The van der Waals surface area contributed by atoms with Gasteiger partial charge >= 0.3 is 0 Å². The Balaban J connectivity index is 2.49. The van der Waals surface area contributed by atoms with Crippen LogP contribution in [0.1, 0.15) is 12.5 Å². The number of hydrogen-bond acceptors (Lipinski definition) is 2. The Labute approximate surface area is 115 Å². The smallest absolute Gasteiger partial charge is 0.146 e. The van der Waals surface area contributed by atoms with Gasteiger partial charge in [-0.3, -0.25) is 0 Å². The fourth-order valence-corrected chi connectivity index (χ4v) is 2.37. The van der Waals surface area contributed by atoms with Crippen LogP contribution in [0.3, 0.4) is 0 Å². The van der Waals surface area contributed by atoms with Gasteiger partial charge in [0.1, 0.15) is 11.6 Å². The summed E-state index contributed by atoms with van der Waals surface area (Å²) in [5, 5.41) is 0. The number of halogens is 2. The zero-order valence-corrected chi connectivity index (χ0v) is 11.9. The summed E-state index contributed by atoms with van der Waals surface area (Å²) in [5.74, 6) is 0.550. The molecule has 1 aromatic heterocycles. The summed E-state index contributed by atoms with van der Waals surface area (Å²) in [6, 6.07) is 8.73. The molecular formula is C14H14BrFN2. The first-order valence-corrected chi connectivity index (χ1v) is 6.57. The molecule has 4 heteroatoms. The minimum atomic E-state index is -0.233. The van der Waals surface area contributed by atoms with E-state index < -0.39 is 0 Å². The van der Waals surface area contributed by atoms with Gasteiger partial charge in [-0.2, -0.15) is 0 Å². The second kappa shape index (κ2) is 5.48. The SMILES string of the molecule is CCN(c1ccccc1F)c1ncc(Br)cc1C. The second-order valence-electron chi connectivity index (χ2n) is 3.99. The van der Waals surface area contributed by atoms with Crippen LogP contribution in [-0.2, 0) is 0 Å². The molecule has 1 aromatic carbocycles. The molecule has 2 rings (SSSR count). The van der Waals surface area contributed by atoms with Gasteiger partial charge in [0.2, 0.25) is 0 Å². The number of pyridine rings is 1. The van der Waals surface area contributed by atoms with E-state index in [2.05, 4.69) is 20.9 Å². The second-order valence-corrected chi connectivity index (χ2v) is 4.91. The maximum Gasteiger partial charge on any atom is 0.146 e. The van der Waals surface area contributed by atoms with Crippen LogP contribution < -0.4 is 4.90 Å². The summed E-state index contributed by atoms with van der Waals surface area (Å²) in [6.07, 6.45) is 1.73. The lowest BCUT2D eigenvalue weighted by molar-refractivity contribution is 0.625. The van der Waals surface area contributed by atoms with Gasteiger partial charge in [-0.15, -0.1) is 0 Å². The van der Waals surface area contributed by atoms with Gasteiger partial charge in [0, 0.05) is 17.2 Å². The third-order valence-corrected chi connectivity index (χ3v) is 3.17. The van der Waals surface area contributed by atoms with Crippen LogP contribution in [0.15, 0.2) is 41.0 Å². The summed E-state index contributed by atoms with van der Waals surface area (Å²) in [6.45, 7) is 4.61. The number of nitrogens with zero attached hydrogens (tertiary/aromatic N) is 2. The number of rotatable bonds is 3. The molecule has 0 N–H and O–H groups in total. The summed E-state index contributed by atoms with van der Waals surface area (Å²) in [7, 11) is 0. The van der Waals surface area contributed by atoms with Crippen molar-refractivity contribution in [2.45, 2.75) is 13.8 Å². The Morgan fingerprint density at radius 3 is 2.67 bits per heavy atom. The van der Waals surface area contributed by atoms with E-state index in [0.717, 1.165) is 15.9 Å². The number of aromatic nitrogens is 1. The monoisotopic (exact) mass is 308 g/mol. The van der Waals surface area contributed by atoms with Crippen molar-refractivity contribution in [2.75, 3.05) is 11.4 Å². The molecule has 0 spiro atoms. The Morgan fingerprint density at radius 1 is 1.33 bits per heavy atom. The minimum Gasteiger partial charge on any atom is -0.324 e. The molecular weight excluding hydrogens is 295 g/mol. The first-order chi connectivity index (χ1) is 8.63. The molecule has 0 amide bonds. The molecule has 0 radical (unpaired) electrons. The van der Waals surface area contributed by atoms with Crippen LogP contribution in [0.4, 0.5) is 15.9 Å². The fourth-order valence-electron chi connectivity index (χ4n) is 1.92. The Bertz CT molecular complexity index is 557. The van der Waals surface area contributed by atoms with Crippen molar-refractivity contribution in [3.8, 4) is 0 Å². The molecule has 1 heterocycles. The number of aryl methyl sites for hydroxylation is 1. The van der Waals surface area contributed by atoms with Gasteiger partial charge in [0.05, 0.1) is 5.69 Å². The predicted octanol–water partition coefficient (Wildman–Crippen LogP) is 4.45. The zero-order valence-electron chi connectivity index (χ0n) is 10.3. The first-order valence-electron chi connectivity index (χ1n) is 5.77. The molecule has 0 fully saturated rings. The molecule has 0 aliphatic carbocycles. The van der Waals surface area contributed by atoms with E-state index in [4.69, 9.17) is 0 Å². The van der Waals surface area contributed by atoms with Crippen molar-refractivity contribution in [3.05, 3.63) is 52.4 Å². The third kappa shape index (κ3) is 2.53. The quantitative estimate of drug-likeness (QED) is 0.833. The predicted molar refractivity (Wildman–Crippen MR) is 75.8 cm³/mol. The van der Waals surface area contributed by atoms with Crippen molar-refractivity contribution in [2.24, 2.45) is 0 Å². The highest BCUT2D eigenvalue weighted by molar-refractivity contribution is 9.10. The number of benzene rings is 1. The van der Waals surface area contributed by atoms with E-state index in [-0.39, 0.29) is 5.82 Å².